The summed E-state index contributed by atoms with van der Waals surface area (Å²) in [6.07, 6.45) is 4.66. The van der Waals surface area contributed by atoms with Gasteiger partial charge in [0, 0.05) is 42.1 Å². The summed E-state index contributed by atoms with van der Waals surface area (Å²) < 4.78 is 31.8. The molecule has 3 N–H and O–H groups in total. The predicted molar refractivity (Wildman–Crippen MR) is 170 cm³/mol. The maximum absolute atomic E-state index is 13.3. The first kappa shape index (κ1) is 32.7. The number of H-pyrrole nitrogens is 1. The lowest BCUT2D eigenvalue weighted by molar-refractivity contribution is -0.117. The van der Waals surface area contributed by atoms with Gasteiger partial charge in [-0.3, -0.25) is 19.6 Å². The summed E-state index contributed by atoms with van der Waals surface area (Å²) in [7, 11) is -0.846. The van der Waals surface area contributed by atoms with Crippen molar-refractivity contribution in [3.05, 3.63) is 99.3 Å². The first-order valence-electron chi connectivity index (χ1n) is 13.7. The number of nitrogens with zero attached hydrogens (tertiary/aromatic N) is 7. The number of aromatic amines is 1. The molecule has 0 radical (unpaired) electrons. The number of carbonyl (C=O) groups excluding carboxylic acids is 2. The normalized spacial score (nSPS) is 12.2. The van der Waals surface area contributed by atoms with Gasteiger partial charge in [-0.15, -0.1) is 5.10 Å². The van der Waals surface area contributed by atoms with E-state index in [1.165, 1.54) is 54.1 Å². The summed E-state index contributed by atoms with van der Waals surface area (Å²) in [5.41, 5.74) is 2.42. The second-order valence-corrected chi connectivity index (χ2v) is 12.6. The van der Waals surface area contributed by atoms with Gasteiger partial charge in [0.05, 0.1) is 35.8 Å². The molecule has 0 fully saturated rings. The number of ether oxygens (including phenoxy) is 1. The number of anilines is 1. The maximum Gasteiger partial charge on any atom is 0.411 e. The lowest BCUT2D eigenvalue weighted by atomic mass is 10.0. The lowest BCUT2D eigenvalue weighted by Crippen LogP contribution is -2.30. The zero-order valence-electron chi connectivity index (χ0n) is 25.1. The van der Waals surface area contributed by atoms with Crippen LogP contribution in [-0.4, -0.2) is 74.0 Å². The molecule has 0 aliphatic heterocycles. The van der Waals surface area contributed by atoms with E-state index in [2.05, 4.69) is 46.2 Å². The number of nitrogens with one attached hydrogen (secondary N) is 3. The molecule has 2 aromatic carbocycles. The van der Waals surface area contributed by atoms with Gasteiger partial charge < -0.3 is 10.1 Å². The largest absolute Gasteiger partial charge is 0.453 e. The maximum atomic E-state index is 13.3. The van der Waals surface area contributed by atoms with Crippen molar-refractivity contribution in [3.8, 4) is 16.8 Å². The third-order valence-electron chi connectivity index (χ3n) is 6.80. The molecule has 242 valence electrons. The van der Waals surface area contributed by atoms with Crippen LogP contribution in [0, 0.1) is 0 Å². The van der Waals surface area contributed by atoms with Crippen molar-refractivity contribution >= 4 is 45.2 Å². The fourth-order valence-electron chi connectivity index (χ4n) is 4.63. The Balaban J connectivity index is 1.48. The van der Waals surface area contributed by atoms with Crippen molar-refractivity contribution in [2.24, 2.45) is 7.05 Å². The van der Waals surface area contributed by atoms with Crippen LogP contribution in [0.15, 0.2) is 76.8 Å². The van der Waals surface area contributed by atoms with E-state index in [0.717, 1.165) is 6.26 Å². The minimum absolute atomic E-state index is 0.00988. The predicted octanol–water partition coefficient (Wildman–Crippen LogP) is 2.49. The number of tetrazole rings is 1. The summed E-state index contributed by atoms with van der Waals surface area (Å²) in [4.78, 5) is 37.7. The van der Waals surface area contributed by atoms with Gasteiger partial charge in [-0.05, 0) is 64.5 Å². The minimum atomic E-state index is -3.59. The molecule has 5 rings (SSSR count). The number of rotatable bonds is 10. The zero-order valence-corrected chi connectivity index (χ0v) is 26.7. The van der Waals surface area contributed by atoms with Gasteiger partial charge in [0.15, 0.2) is 14.9 Å². The summed E-state index contributed by atoms with van der Waals surface area (Å²) in [5, 5.41) is 28.0. The fourth-order valence-corrected chi connectivity index (χ4v) is 5.68. The van der Waals surface area contributed by atoms with Crippen LogP contribution in [0.2, 0.25) is 5.02 Å². The molecular formula is C29H27ClN10O6S. The summed E-state index contributed by atoms with van der Waals surface area (Å²) >= 11 is 6.20. The molecule has 0 aliphatic rings. The lowest BCUT2D eigenvalue weighted by Gasteiger charge is -2.17. The van der Waals surface area contributed by atoms with E-state index in [1.807, 2.05) is 0 Å². The van der Waals surface area contributed by atoms with Crippen molar-refractivity contribution in [2.75, 3.05) is 18.7 Å². The standard InChI is InChI=1S/C29H27ClN10O6S/c1-39-27(47(3,44)45)14-21(36-39)13-23(33-26(41)11-6-18-12-19(30)7-10-25(18)40-16-31-37-38-40)24-15-22(28(42)35-34-24)17-4-8-20(9-5-17)32-29(43)46-2/h4-12,14-16,23H,13H2,1-3H3,(H,32,43)(H,33,41)(H,35,42)/b11-6+/t23-/m0/s1. The Hall–Kier alpha value is -5.68. The number of hydrogen-bond acceptors (Lipinski definition) is 11. The van der Waals surface area contributed by atoms with E-state index in [1.54, 1.807) is 42.5 Å². The number of amides is 2. The van der Waals surface area contributed by atoms with Crippen LogP contribution >= 0.6 is 11.6 Å². The van der Waals surface area contributed by atoms with E-state index < -0.39 is 33.4 Å². The molecule has 0 bridgehead atoms. The van der Waals surface area contributed by atoms with Crippen LogP contribution in [-0.2, 0) is 32.8 Å². The SMILES string of the molecule is COC(=O)Nc1ccc(-c2cc([C@H](Cc3cc(S(C)(=O)=O)n(C)n3)NC(=O)/C=C/c3cc(Cl)ccc3-n3cnnn3)n[nH]c2=O)cc1. The van der Waals surface area contributed by atoms with Crippen LogP contribution in [0.1, 0.15) is 23.0 Å². The quantitative estimate of drug-likeness (QED) is 0.183. The topological polar surface area (TPSA) is 209 Å². The average molecular weight is 679 g/mol. The number of aryl methyl sites for hydroxylation is 1. The minimum Gasteiger partial charge on any atom is -0.453 e. The molecule has 16 nitrogen and oxygen atoms in total. The van der Waals surface area contributed by atoms with E-state index in [-0.39, 0.29) is 22.7 Å². The number of hydrogen-bond donors (Lipinski definition) is 3. The van der Waals surface area contributed by atoms with Crippen LogP contribution in [0.25, 0.3) is 22.9 Å². The monoisotopic (exact) mass is 678 g/mol. The zero-order chi connectivity index (χ0) is 33.7. The van der Waals surface area contributed by atoms with Gasteiger partial charge in [-0.1, -0.05) is 23.7 Å². The number of sulfone groups is 1. The molecule has 2 amide bonds. The molecule has 3 aromatic heterocycles. The van der Waals surface area contributed by atoms with Gasteiger partial charge in [-0.25, -0.2) is 18.3 Å². The Morgan fingerprint density at radius 2 is 1.89 bits per heavy atom. The summed E-state index contributed by atoms with van der Waals surface area (Å²) in [6.45, 7) is 0. The van der Waals surface area contributed by atoms with Crippen molar-refractivity contribution < 1.29 is 22.7 Å². The Morgan fingerprint density at radius 1 is 1.13 bits per heavy atom. The Bertz CT molecular complexity index is 2130. The summed E-state index contributed by atoms with van der Waals surface area (Å²) in [6, 6.07) is 13.5. The molecule has 0 saturated carbocycles. The highest BCUT2D eigenvalue weighted by atomic mass is 35.5. The molecule has 0 saturated heterocycles. The van der Waals surface area contributed by atoms with E-state index in [9.17, 15) is 22.8 Å². The highest BCUT2D eigenvalue weighted by Crippen LogP contribution is 2.24. The molecule has 0 aliphatic carbocycles. The highest BCUT2D eigenvalue weighted by molar-refractivity contribution is 7.90. The van der Waals surface area contributed by atoms with E-state index >= 15 is 0 Å². The van der Waals surface area contributed by atoms with Crippen LogP contribution in [0.3, 0.4) is 0 Å². The number of aromatic nitrogens is 8. The van der Waals surface area contributed by atoms with Crippen LogP contribution < -0.4 is 16.2 Å². The number of carbonyl (C=O) groups is 2. The molecule has 18 heteroatoms. The van der Waals surface area contributed by atoms with Gasteiger partial charge in [0.25, 0.3) is 5.56 Å². The van der Waals surface area contributed by atoms with Crippen LogP contribution in [0.4, 0.5) is 10.5 Å². The van der Waals surface area contributed by atoms with Crippen molar-refractivity contribution in [1.82, 2.24) is 45.5 Å². The van der Waals surface area contributed by atoms with E-state index in [0.29, 0.717) is 33.2 Å². The average Bonchev–Trinajstić information content (AvgIpc) is 3.70. The van der Waals surface area contributed by atoms with Gasteiger partial charge >= 0.3 is 6.09 Å². The van der Waals surface area contributed by atoms with Gasteiger partial charge in [0.2, 0.25) is 5.91 Å². The first-order valence-corrected chi connectivity index (χ1v) is 16.0. The van der Waals surface area contributed by atoms with Crippen molar-refractivity contribution in [1.29, 1.82) is 0 Å². The third kappa shape index (κ3) is 7.95. The second-order valence-electron chi connectivity index (χ2n) is 10.2. The van der Waals surface area contributed by atoms with Crippen molar-refractivity contribution in [2.45, 2.75) is 17.5 Å². The van der Waals surface area contributed by atoms with Gasteiger partial charge in [-0.2, -0.15) is 14.9 Å². The highest BCUT2D eigenvalue weighted by Gasteiger charge is 2.22. The van der Waals surface area contributed by atoms with Gasteiger partial charge in [0.1, 0.15) is 6.33 Å². The molecule has 5 aromatic rings. The molecule has 1 atom stereocenters. The number of halogens is 1. The second kappa shape index (κ2) is 13.8. The molecule has 3 heterocycles. The number of methoxy groups -OCH3 is 1. The Labute approximate surface area is 272 Å². The first-order chi connectivity index (χ1) is 22.4. The van der Waals surface area contributed by atoms with E-state index in [4.69, 9.17) is 11.6 Å². The van der Waals surface area contributed by atoms with Crippen molar-refractivity contribution in [3.63, 3.8) is 0 Å². The Morgan fingerprint density at radius 3 is 2.55 bits per heavy atom. The third-order valence-corrected chi connectivity index (χ3v) is 8.18. The molecule has 0 spiro atoms. The molecular weight excluding hydrogens is 652 g/mol. The molecule has 47 heavy (non-hydrogen) atoms. The number of benzene rings is 2. The molecule has 0 unspecified atom stereocenters. The summed E-state index contributed by atoms with van der Waals surface area (Å²) in [5.74, 6) is -0.537. The van der Waals surface area contributed by atoms with Crippen LogP contribution in [0.5, 0.6) is 0 Å². The smallest absolute Gasteiger partial charge is 0.411 e. The Kier molecular flexibility index (Phi) is 9.57. The fraction of sp³-hybridized carbons (Fsp3) is 0.172.